The highest BCUT2D eigenvalue weighted by atomic mass is 16.5. The third-order valence-electron chi connectivity index (χ3n) is 2.08. The molecule has 1 saturated heterocycles. The molecule has 1 fully saturated rings. The summed E-state index contributed by atoms with van der Waals surface area (Å²) in [4.78, 5) is 21.7. The molecule has 1 aliphatic heterocycles. The Morgan fingerprint density at radius 1 is 1.62 bits per heavy atom. The number of primary amides is 1. The lowest BCUT2D eigenvalue weighted by molar-refractivity contribution is -0.133. The predicted molar refractivity (Wildman–Crippen MR) is 45.7 cm³/mol. The number of hydrogen-bond acceptors (Lipinski definition) is 3. The molecule has 1 rings (SSSR count). The second-order valence-corrected chi connectivity index (χ2v) is 3.24. The van der Waals surface area contributed by atoms with Gasteiger partial charge in [-0.2, -0.15) is 0 Å². The molecule has 74 valence electrons. The summed E-state index contributed by atoms with van der Waals surface area (Å²) in [5.41, 5.74) is 4.88. The van der Waals surface area contributed by atoms with E-state index in [4.69, 9.17) is 10.5 Å². The minimum absolute atomic E-state index is 0.120. The molecule has 0 aromatic rings. The van der Waals surface area contributed by atoms with Crippen LogP contribution >= 0.6 is 0 Å². The first-order valence-electron chi connectivity index (χ1n) is 4.29. The first-order chi connectivity index (χ1) is 6.11. The van der Waals surface area contributed by atoms with Crippen LogP contribution in [0.25, 0.3) is 0 Å². The Morgan fingerprint density at radius 3 is 2.77 bits per heavy atom. The van der Waals surface area contributed by atoms with Gasteiger partial charge in [0, 0.05) is 6.61 Å². The summed E-state index contributed by atoms with van der Waals surface area (Å²) < 4.78 is 5.20. The highest BCUT2D eigenvalue weighted by Gasteiger charge is 2.30. The van der Waals surface area contributed by atoms with Crippen LogP contribution in [0.4, 0.5) is 0 Å². The van der Waals surface area contributed by atoms with Gasteiger partial charge in [0.1, 0.15) is 6.10 Å². The molecule has 5 nitrogen and oxygen atoms in total. The number of hydrogen-bond donors (Lipinski definition) is 2. The van der Waals surface area contributed by atoms with E-state index in [9.17, 15) is 9.59 Å². The molecule has 3 N–H and O–H groups in total. The van der Waals surface area contributed by atoms with E-state index in [0.717, 1.165) is 6.42 Å². The first kappa shape index (κ1) is 9.98. The van der Waals surface area contributed by atoms with Crippen LogP contribution in [0.1, 0.15) is 13.3 Å². The molecular weight excluding hydrogens is 172 g/mol. The van der Waals surface area contributed by atoms with E-state index < -0.39 is 12.0 Å². The van der Waals surface area contributed by atoms with E-state index >= 15 is 0 Å². The first-order valence-corrected chi connectivity index (χ1v) is 4.29. The van der Waals surface area contributed by atoms with Gasteiger partial charge in [0.2, 0.25) is 11.8 Å². The lowest BCUT2D eigenvalue weighted by Crippen LogP contribution is -2.41. The molecule has 13 heavy (non-hydrogen) atoms. The quantitative estimate of drug-likeness (QED) is 0.594. The SMILES string of the molecule is CC1CCOC1C(=O)NCC(N)=O. The molecule has 1 aliphatic rings. The van der Waals surface area contributed by atoms with Gasteiger partial charge in [0.05, 0.1) is 6.54 Å². The van der Waals surface area contributed by atoms with Crippen LogP contribution in [0.2, 0.25) is 0 Å². The van der Waals surface area contributed by atoms with Crippen molar-refractivity contribution in [2.24, 2.45) is 11.7 Å². The van der Waals surface area contributed by atoms with Gasteiger partial charge in [-0.25, -0.2) is 0 Å². The van der Waals surface area contributed by atoms with Crippen molar-refractivity contribution in [3.63, 3.8) is 0 Å². The van der Waals surface area contributed by atoms with Crippen LogP contribution in [0, 0.1) is 5.92 Å². The van der Waals surface area contributed by atoms with Crippen LogP contribution in [0.5, 0.6) is 0 Å². The Hall–Kier alpha value is -1.10. The number of rotatable bonds is 3. The van der Waals surface area contributed by atoms with Crippen molar-refractivity contribution in [2.45, 2.75) is 19.4 Å². The van der Waals surface area contributed by atoms with Crippen molar-refractivity contribution in [1.82, 2.24) is 5.32 Å². The second kappa shape index (κ2) is 4.23. The van der Waals surface area contributed by atoms with E-state index in [2.05, 4.69) is 5.32 Å². The fourth-order valence-corrected chi connectivity index (χ4v) is 1.31. The number of carbonyl (C=O) groups excluding carboxylic acids is 2. The van der Waals surface area contributed by atoms with Gasteiger partial charge in [-0.05, 0) is 12.3 Å². The zero-order chi connectivity index (χ0) is 9.84. The Kier molecular flexibility index (Phi) is 3.25. The molecule has 2 unspecified atom stereocenters. The maximum Gasteiger partial charge on any atom is 0.249 e. The molecule has 0 radical (unpaired) electrons. The molecular formula is C8H14N2O3. The summed E-state index contributed by atoms with van der Waals surface area (Å²) in [5, 5.41) is 2.42. The number of nitrogens with two attached hydrogens (primary N) is 1. The summed E-state index contributed by atoms with van der Waals surface area (Å²) in [6, 6.07) is 0. The maximum atomic E-state index is 11.3. The summed E-state index contributed by atoms with van der Waals surface area (Å²) in [7, 11) is 0. The fraction of sp³-hybridized carbons (Fsp3) is 0.750. The lowest BCUT2D eigenvalue weighted by Gasteiger charge is -2.13. The van der Waals surface area contributed by atoms with Gasteiger partial charge in [-0.1, -0.05) is 6.92 Å². The fourth-order valence-electron chi connectivity index (χ4n) is 1.31. The zero-order valence-electron chi connectivity index (χ0n) is 7.58. The summed E-state index contributed by atoms with van der Waals surface area (Å²) in [6.07, 6.45) is 0.466. The van der Waals surface area contributed by atoms with Crippen LogP contribution < -0.4 is 11.1 Å². The predicted octanol–water partition coefficient (Wildman–Crippen LogP) is -0.987. The number of amides is 2. The molecule has 0 saturated carbocycles. The van der Waals surface area contributed by atoms with E-state index in [1.54, 1.807) is 0 Å². The van der Waals surface area contributed by atoms with E-state index in [1.165, 1.54) is 0 Å². The number of carbonyl (C=O) groups is 2. The van der Waals surface area contributed by atoms with Crippen LogP contribution in [-0.2, 0) is 14.3 Å². The Balaban J connectivity index is 2.34. The van der Waals surface area contributed by atoms with Crippen molar-refractivity contribution < 1.29 is 14.3 Å². The van der Waals surface area contributed by atoms with Crippen molar-refractivity contribution in [1.29, 1.82) is 0 Å². The maximum absolute atomic E-state index is 11.3. The molecule has 0 aromatic heterocycles. The summed E-state index contributed by atoms with van der Waals surface area (Å²) in [5.74, 6) is -0.573. The largest absolute Gasteiger partial charge is 0.368 e. The summed E-state index contributed by atoms with van der Waals surface area (Å²) >= 11 is 0. The minimum atomic E-state index is -0.543. The normalized spacial score (nSPS) is 27.2. The van der Waals surface area contributed by atoms with Crippen LogP contribution in [0.3, 0.4) is 0 Å². The van der Waals surface area contributed by atoms with Crippen LogP contribution in [-0.4, -0.2) is 31.1 Å². The molecule has 1 heterocycles. The minimum Gasteiger partial charge on any atom is -0.368 e. The van der Waals surface area contributed by atoms with Gasteiger partial charge in [0.25, 0.3) is 0 Å². The third kappa shape index (κ3) is 2.69. The average molecular weight is 186 g/mol. The highest BCUT2D eigenvalue weighted by Crippen LogP contribution is 2.19. The number of nitrogens with one attached hydrogen (secondary N) is 1. The Labute approximate surface area is 76.6 Å². The van der Waals surface area contributed by atoms with Crippen molar-refractivity contribution in [2.75, 3.05) is 13.2 Å². The third-order valence-corrected chi connectivity index (χ3v) is 2.08. The summed E-state index contributed by atoms with van der Waals surface area (Å²) in [6.45, 7) is 2.43. The highest BCUT2D eigenvalue weighted by molar-refractivity contribution is 5.86. The van der Waals surface area contributed by atoms with Gasteiger partial charge in [0.15, 0.2) is 0 Å². The average Bonchev–Trinajstić information content (AvgIpc) is 2.47. The van der Waals surface area contributed by atoms with E-state index in [-0.39, 0.29) is 18.4 Å². The topological polar surface area (TPSA) is 81.4 Å². The Morgan fingerprint density at radius 2 is 2.31 bits per heavy atom. The van der Waals surface area contributed by atoms with Gasteiger partial charge in [-0.15, -0.1) is 0 Å². The monoisotopic (exact) mass is 186 g/mol. The molecule has 0 bridgehead atoms. The van der Waals surface area contributed by atoms with Crippen molar-refractivity contribution in [3.05, 3.63) is 0 Å². The molecule has 2 atom stereocenters. The van der Waals surface area contributed by atoms with E-state index in [1.807, 2.05) is 6.92 Å². The molecule has 0 aliphatic carbocycles. The zero-order valence-corrected chi connectivity index (χ0v) is 7.58. The van der Waals surface area contributed by atoms with Gasteiger partial charge >= 0.3 is 0 Å². The smallest absolute Gasteiger partial charge is 0.249 e. The standard InChI is InChI=1S/C8H14N2O3/c1-5-2-3-13-7(5)8(12)10-4-6(9)11/h5,7H,2-4H2,1H3,(H2,9,11)(H,10,12). The van der Waals surface area contributed by atoms with Gasteiger partial charge in [-0.3, -0.25) is 9.59 Å². The molecule has 0 aromatic carbocycles. The van der Waals surface area contributed by atoms with Crippen molar-refractivity contribution >= 4 is 11.8 Å². The molecule has 5 heteroatoms. The molecule has 0 spiro atoms. The molecule has 2 amide bonds. The van der Waals surface area contributed by atoms with Crippen molar-refractivity contribution in [3.8, 4) is 0 Å². The number of ether oxygens (including phenoxy) is 1. The van der Waals surface area contributed by atoms with Crippen LogP contribution in [0.15, 0.2) is 0 Å². The van der Waals surface area contributed by atoms with Gasteiger partial charge < -0.3 is 15.8 Å². The second-order valence-electron chi connectivity index (χ2n) is 3.24. The Bertz CT molecular complexity index is 217. The lowest BCUT2D eigenvalue weighted by atomic mass is 10.0. The van der Waals surface area contributed by atoms with E-state index in [0.29, 0.717) is 6.61 Å².